The van der Waals surface area contributed by atoms with Crippen LogP contribution in [-0.4, -0.2) is 18.5 Å². The van der Waals surface area contributed by atoms with Gasteiger partial charge < -0.3 is 4.74 Å². The maximum Gasteiger partial charge on any atom is 0.324 e. The molecule has 0 fully saturated rings. The molecule has 1 atom stereocenters. The molecular weight excluding hydrogens is 258 g/mol. The van der Waals surface area contributed by atoms with E-state index in [0.717, 1.165) is 5.56 Å². The Labute approximate surface area is 103 Å². The third-order valence-corrected chi connectivity index (χ3v) is 2.79. The molecule has 0 N–H and O–H groups in total. The van der Waals surface area contributed by atoms with E-state index in [-0.39, 0.29) is 0 Å². The summed E-state index contributed by atoms with van der Waals surface area (Å²) in [5, 5.41) is 0.318. The average Bonchev–Trinajstić information content (AvgIpc) is 2.20. The number of esters is 1. The van der Waals surface area contributed by atoms with E-state index in [1.54, 1.807) is 18.2 Å². The Morgan fingerprint density at radius 1 is 1.47 bits per heavy atom. The summed E-state index contributed by atoms with van der Waals surface area (Å²) in [6.45, 7) is 0. The summed E-state index contributed by atoms with van der Waals surface area (Å²) >= 11 is 17.5. The van der Waals surface area contributed by atoms with Crippen LogP contribution in [0, 0.1) is 0 Å². The standard InChI is InChI=1S/C10H9Cl3O2/c1-15-10(14)9(13)4-6-2-3-7(11)5-8(6)12/h2-3,5,9H,4H2,1H3/t9-/m0/s1. The first-order chi connectivity index (χ1) is 7.04. The summed E-state index contributed by atoms with van der Waals surface area (Å²) in [7, 11) is 1.29. The largest absolute Gasteiger partial charge is 0.468 e. The minimum Gasteiger partial charge on any atom is -0.468 e. The lowest BCUT2D eigenvalue weighted by Gasteiger charge is -2.08. The fourth-order valence-electron chi connectivity index (χ4n) is 1.09. The Bertz CT molecular complexity index is 366. The van der Waals surface area contributed by atoms with Crippen molar-refractivity contribution in [2.24, 2.45) is 0 Å². The van der Waals surface area contributed by atoms with Gasteiger partial charge in [0, 0.05) is 16.5 Å². The van der Waals surface area contributed by atoms with Crippen molar-refractivity contribution in [3.8, 4) is 0 Å². The van der Waals surface area contributed by atoms with Crippen molar-refractivity contribution < 1.29 is 9.53 Å². The van der Waals surface area contributed by atoms with Gasteiger partial charge in [-0.25, -0.2) is 0 Å². The molecule has 1 rings (SSSR count). The van der Waals surface area contributed by atoms with Crippen LogP contribution in [-0.2, 0) is 16.0 Å². The molecule has 0 spiro atoms. The minimum atomic E-state index is -0.728. The second kappa shape index (κ2) is 5.59. The van der Waals surface area contributed by atoms with Crippen LogP contribution in [0.5, 0.6) is 0 Å². The molecule has 0 bridgehead atoms. The second-order valence-electron chi connectivity index (χ2n) is 2.93. The molecule has 0 unspecified atom stereocenters. The first-order valence-electron chi connectivity index (χ1n) is 4.20. The third kappa shape index (κ3) is 3.56. The van der Waals surface area contributed by atoms with Gasteiger partial charge in [-0.1, -0.05) is 29.3 Å². The normalized spacial score (nSPS) is 12.3. The van der Waals surface area contributed by atoms with E-state index in [1.807, 2.05) is 0 Å². The average molecular weight is 268 g/mol. The van der Waals surface area contributed by atoms with E-state index in [4.69, 9.17) is 34.8 Å². The Hall–Kier alpha value is -0.440. The highest BCUT2D eigenvalue weighted by molar-refractivity contribution is 6.35. The lowest BCUT2D eigenvalue weighted by atomic mass is 10.1. The number of alkyl halides is 1. The van der Waals surface area contributed by atoms with E-state index in [0.29, 0.717) is 16.5 Å². The Morgan fingerprint density at radius 3 is 2.67 bits per heavy atom. The molecule has 0 aliphatic rings. The van der Waals surface area contributed by atoms with Crippen LogP contribution in [0.1, 0.15) is 5.56 Å². The number of benzene rings is 1. The molecule has 2 nitrogen and oxygen atoms in total. The number of ether oxygens (including phenoxy) is 1. The highest BCUT2D eigenvalue weighted by atomic mass is 35.5. The molecule has 0 aliphatic carbocycles. The molecule has 0 aliphatic heterocycles. The molecule has 1 aromatic carbocycles. The predicted octanol–water partition coefficient (Wildman–Crippen LogP) is 3.32. The zero-order valence-electron chi connectivity index (χ0n) is 7.97. The Morgan fingerprint density at radius 2 is 2.13 bits per heavy atom. The van der Waals surface area contributed by atoms with Crippen molar-refractivity contribution in [2.75, 3.05) is 7.11 Å². The fraction of sp³-hybridized carbons (Fsp3) is 0.300. The van der Waals surface area contributed by atoms with Gasteiger partial charge in [0.15, 0.2) is 0 Å². The van der Waals surface area contributed by atoms with Crippen molar-refractivity contribution >= 4 is 40.8 Å². The fourth-order valence-corrected chi connectivity index (χ4v) is 1.83. The smallest absolute Gasteiger partial charge is 0.324 e. The van der Waals surface area contributed by atoms with Gasteiger partial charge in [0.25, 0.3) is 0 Å². The summed E-state index contributed by atoms with van der Waals surface area (Å²) in [6, 6.07) is 5.05. The van der Waals surface area contributed by atoms with Crippen LogP contribution in [0.25, 0.3) is 0 Å². The van der Waals surface area contributed by atoms with Crippen LogP contribution < -0.4 is 0 Å². The lowest BCUT2D eigenvalue weighted by Crippen LogP contribution is -2.18. The number of carbonyl (C=O) groups is 1. The van der Waals surface area contributed by atoms with Crippen LogP contribution in [0.4, 0.5) is 0 Å². The van der Waals surface area contributed by atoms with E-state index in [2.05, 4.69) is 4.74 Å². The zero-order chi connectivity index (χ0) is 11.4. The van der Waals surface area contributed by atoms with Gasteiger partial charge in [0.2, 0.25) is 0 Å². The molecular formula is C10H9Cl3O2. The van der Waals surface area contributed by atoms with Crippen LogP contribution in [0.2, 0.25) is 10.0 Å². The van der Waals surface area contributed by atoms with Gasteiger partial charge in [0.1, 0.15) is 5.38 Å². The van der Waals surface area contributed by atoms with Gasteiger partial charge in [-0.15, -0.1) is 11.6 Å². The molecule has 0 aromatic heterocycles. The van der Waals surface area contributed by atoms with E-state index in [1.165, 1.54) is 7.11 Å². The molecule has 0 radical (unpaired) electrons. The third-order valence-electron chi connectivity index (χ3n) is 1.87. The zero-order valence-corrected chi connectivity index (χ0v) is 10.2. The topological polar surface area (TPSA) is 26.3 Å². The number of rotatable bonds is 3. The maximum absolute atomic E-state index is 11.1. The first-order valence-corrected chi connectivity index (χ1v) is 5.39. The molecule has 0 saturated heterocycles. The van der Waals surface area contributed by atoms with Crippen molar-refractivity contribution in [1.29, 1.82) is 0 Å². The van der Waals surface area contributed by atoms with Crippen LogP contribution in [0.15, 0.2) is 18.2 Å². The predicted molar refractivity (Wildman–Crippen MR) is 61.8 cm³/mol. The summed E-state index contributed by atoms with van der Waals surface area (Å²) in [5.41, 5.74) is 0.770. The molecule has 5 heteroatoms. The van der Waals surface area contributed by atoms with E-state index < -0.39 is 11.3 Å². The SMILES string of the molecule is COC(=O)[C@@H](Cl)Cc1ccc(Cl)cc1Cl. The first kappa shape index (κ1) is 12.6. The number of carbonyl (C=O) groups excluding carboxylic acids is 1. The van der Waals surface area contributed by atoms with Crippen molar-refractivity contribution in [3.63, 3.8) is 0 Å². The molecule has 0 heterocycles. The maximum atomic E-state index is 11.1. The highest BCUT2D eigenvalue weighted by Gasteiger charge is 2.17. The molecule has 0 saturated carbocycles. The number of hydrogen-bond donors (Lipinski definition) is 0. The van der Waals surface area contributed by atoms with Crippen molar-refractivity contribution in [1.82, 2.24) is 0 Å². The second-order valence-corrected chi connectivity index (χ2v) is 4.30. The minimum absolute atomic E-state index is 0.324. The Kier molecular flexibility index (Phi) is 4.71. The van der Waals surface area contributed by atoms with E-state index in [9.17, 15) is 4.79 Å². The van der Waals surface area contributed by atoms with Gasteiger partial charge in [0.05, 0.1) is 7.11 Å². The lowest BCUT2D eigenvalue weighted by molar-refractivity contribution is -0.140. The Balaban J connectivity index is 2.76. The monoisotopic (exact) mass is 266 g/mol. The quantitative estimate of drug-likeness (QED) is 0.620. The highest BCUT2D eigenvalue weighted by Crippen LogP contribution is 2.23. The molecule has 82 valence electrons. The van der Waals surface area contributed by atoms with Crippen LogP contribution in [0.3, 0.4) is 0 Å². The van der Waals surface area contributed by atoms with E-state index >= 15 is 0 Å². The summed E-state index contributed by atoms with van der Waals surface area (Å²) in [6.07, 6.45) is 0.324. The van der Waals surface area contributed by atoms with Crippen molar-refractivity contribution in [3.05, 3.63) is 33.8 Å². The van der Waals surface area contributed by atoms with Crippen LogP contribution >= 0.6 is 34.8 Å². The summed E-state index contributed by atoms with van der Waals surface area (Å²) in [5.74, 6) is -0.470. The van der Waals surface area contributed by atoms with Crippen molar-refractivity contribution in [2.45, 2.75) is 11.8 Å². The number of methoxy groups -OCH3 is 1. The summed E-state index contributed by atoms with van der Waals surface area (Å²) < 4.78 is 4.51. The number of halogens is 3. The van der Waals surface area contributed by atoms with Gasteiger partial charge in [-0.05, 0) is 17.7 Å². The molecule has 15 heavy (non-hydrogen) atoms. The van der Waals surface area contributed by atoms with Gasteiger partial charge >= 0.3 is 5.97 Å². The molecule has 1 aromatic rings. The number of hydrogen-bond acceptors (Lipinski definition) is 2. The van der Waals surface area contributed by atoms with Gasteiger partial charge in [-0.3, -0.25) is 4.79 Å². The molecule has 0 amide bonds. The van der Waals surface area contributed by atoms with Gasteiger partial charge in [-0.2, -0.15) is 0 Å². The summed E-state index contributed by atoms with van der Waals surface area (Å²) in [4.78, 5) is 11.1.